The minimum absolute atomic E-state index is 0.0156. The number of fused-ring (bicyclic) bond motifs is 1. The van der Waals surface area contributed by atoms with Crippen LogP contribution in [0.25, 0.3) is 10.8 Å². The van der Waals surface area contributed by atoms with Crippen LogP contribution in [0, 0.1) is 0 Å². The van der Waals surface area contributed by atoms with Crippen LogP contribution in [0.2, 0.25) is 5.02 Å². The van der Waals surface area contributed by atoms with Crippen molar-refractivity contribution in [2.24, 2.45) is 5.73 Å². The van der Waals surface area contributed by atoms with Crippen molar-refractivity contribution in [3.8, 4) is 5.75 Å². The highest BCUT2D eigenvalue weighted by Crippen LogP contribution is 2.44. The summed E-state index contributed by atoms with van der Waals surface area (Å²) < 4.78 is 45.4. The second-order valence-electron chi connectivity index (χ2n) is 7.69. The molecule has 0 unspecified atom stereocenters. The van der Waals surface area contributed by atoms with Crippen molar-refractivity contribution in [2.45, 2.75) is 43.5 Å². The van der Waals surface area contributed by atoms with Crippen molar-refractivity contribution in [3.63, 3.8) is 0 Å². The van der Waals surface area contributed by atoms with Crippen LogP contribution in [-0.4, -0.2) is 11.0 Å². The fourth-order valence-electron chi connectivity index (χ4n) is 4.00. The van der Waals surface area contributed by atoms with Gasteiger partial charge in [-0.3, -0.25) is 4.79 Å². The lowest BCUT2D eigenvalue weighted by molar-refractivity contribution is -0.137. The molecule has 4 rings (SSSR count). The SMILES string of the molecule is NC1CCC(Oc2cc3cc[nH]c(=O)c3cc2Cl)(c2ccc(C(F)(F)F)cc2)CC1. The molecule has 0 atom stereocenters. The first-order valence-corrected chi connectivity index (χ1v) is 9.99. The van der Waals surface area contributed by atoms with E-state index in [1.165, 1.54) is 18.3 Å². The Morgan fingerprint density at radius 2 is 1.77 bits per heavy atom. The van der Waals surface area contributed by atoms with Gasteiger partial charge in [0.15, 0.2) is 0 Å². The molecule has 0 spiro atoms. The van der Waals surface area contributed by atoms with Gasteiger partial charge in [-0.1, -0.05) is 23.7 Å². The van der Waals surface area contributed by atoms with Crippen LogP contribution < -0.4 is 16.0 Å². The normalized spacial score (nSPS) is 22.2. The van der Waals surface area contributed by atoms with Gasteiger partial charge < -0.3 is 15.5 Å². The Morgan fingerprint density at radius 1 is 1.10 bits per heavy atom. The molecule has 8 heteroatoms. The van der Waals surface area contributed by atoms with Gasteiger partial charge >= 0.3 is 6.18 Å². The molecule has 158 valence electrons. The van der Waals surface area contributed by atoms with Crippen molar-refractivity contribution >= 4 is 22.4 Å². The second-order valence-corrected chi connectivity index (χ2v) is 8.09. The van der Waals surface area contributed by atoms with Gasteiger partial charge in [-0.2, -0.15) is 13.2 Å². The van der Waals surface area contributed by atoms with Crippen molar-refractivity contribution < 1.29 is 17.9 Å². The third kappa shape index (κ3) is 3.91. The molecule has 3 aromatic rings. The third-order valence-corrected chi connectivity index (χ3v) is 6.00. The number of pyridine rings is 1. The summed E-state index contributed by atoms with van der Waals surface area (Å²) in [7, 11) is 0. The number of aromatic nitrogens is 1. The standard InChI is InChI=1S/C22H20ClF3N2O2/c23-18-12-17-13(7-10-28-20(17)29)11-19(18)30-21(8-5-16(27)6-9-21)14-1-3-15(4-2-14)22(24,25)26/h1-4,7,10-12,16H,5-6,8-9,27H2,(H,28,29). The molecule has 0 radical (unpaired) electrons. The monoisotopic (exact) mass is 436 g/mol. The molecule has 30 heavy (non-hydrogen) atoms. The lowest BCUT2D eigenvalue weighted by atomic mass is 9.77. The number of nitrogens with two attached hydrogens (primary N) is 1. The van der Waals surface area contributed by atoms with Crippen LogP contribution in [0.15, 0.2) is 53.5 Å². The number of ether oxygens (including phenoxy) is 1. The number of hydrogen-bond acceptors (Lipinski definition) is 3. The van der Waals surface area contributed by atoms with Gasteiger partial charge in [0.25, 0.3) is 5.56 Å². The second kappa shape index (κ2) is 7.63. The zero-order valence-electron chi connectivity index (χ0n) is 15.9. The number of alkyl halides is 3. The van der Waals surface area contributed by atoms with E-state index < -0.39 is 17.3 Å². The molecular weight excluding hydrogens is 417 g/mol. The Bertz CT molecular complexity index is 1120. The zero-order valence-corrected chi connectivity index (χ0v) is 16.7. The topological polar surface area (TPSA) is 68.1 Å². The number of nitrogens with one attached hydrogen (secondary N) is 1. The quantitative estimate of drug-likeness (QED) is 0.579. The average Bonchev–Trinajstić information content (AvgIpc) is 2.71. The maximum absolute atomic E-state index is 13.0. The molecule has 1 aliphatic rings. The molecule has 1 aromatic heterocycles. The molecule has 0 saturated heterocycles. The Balaban J connectivity index is 1.76. The van der Waals surface area contributed by atoms with Crippen LogP contribution in [0.3, 0.4) is 0 Å². The average molecular weight is 437 g/mol. The first-order valence-electron chi connectivity index (χ1n) is 9.61. The Morgan fingerprint density at radius 3 is 2.40 bits per heavy atom. The molecule has 4 nitrogen and oxygen atoms in total. The van der Waals surface area contributed by atoms with Crippen LogP contribution >= 0.6 is 11.6 Å². The van der Waals surface area contributed by atoms with Crippen LogP contribution in [0.4, 0.5) is 13.2 Å². The fourth-order valence-corrected chi connectivity index (χ4v) is 4.20. The predicted molar refractivity (Wildman–Crippen MR) is 110 cm³/mol. The first-order chi connectivity index (χ1) is 14.2. The van der Waals surface area contributed by atoms with E-state index in [-0.39, 0.29) is 16.6 Å². The summed E-state index contributed by atoms with van der Waals surface area (Å²) in [5.41, 5.74) is 4.88. The molecule has 1 heterocycles. The highest BCUT2D eigenvalue weighted by Gasteiger charge is 2.40. The van der Waals surface area contributed by atoms with E-state index in [4.69, 9.17) is 22.1 Å². The molecule has 2 aromatic carbocycles. The number of H-pyrrole nitrogens is 1. The number of halogens is 4. The molecular formula is C22H20ClF3N2O2. The number of rotatable bonds is 3. The summed E-state index contributed by atoms with van der Waals surface area (Å²) in [6.07, 6.45) is -0.436. The minimum atomic E-state index is -4.41. The van der Waals surface area contributed by atoms with E-state index in [9.17, 15) is 18.0 Å². The summed E-state index contributed by atoms with van der Waals surface area (Å²) in [6, 6.07) is 10.0. The van der Waals surface area contributed by atoms with Gasteiger partial charge in [0.05, 0.1) is 10.6 Å². The molecule has 1 fully saturated rings. The van der Waals surface area contributed by atoms with E-state index >= 15 is 0 Å². The molecule has 1 aliphatic carbocycles. The zero-order chi connectivity index (χ0) is 21.5. The highest BCUT2D eigenvalue weighted by atomic mass is 35.5. The summed E-state index contributed by atoms with van der Waals surface area (Å²) in [5, 5.41) is 1.36. The molecule has 0 amide bonds. The van der Waals surface area contributed by atoms with Gasteiger partial charge in [0.1, 0.15) is 11.4 Å². The minimum Gasteiger partial charge on any atom is -0.481 e. The summed E-state index contributed by atoms with van der Waals surface area (Å²) in [5.74, 6) is 0.380. The van der Waals surface area contributed by atoms with Gasteiger partial charge in [-0.05, 0) is 67.0 Å². The van der Waals surface area contributed by atoms with Crippen LogP contribution in [0.5, 0.6) is 5.75 Å². The van der Waals surface area contributed by atoms with Gasteiger partial charge in [-0.25, -0.2) is 0 Å². The molecule has 3 N–H and O–H groups in total. The number of hydrogen-bond donors (Lipinski definition) is 2. The van der Waals surface area contributed by atoms with Gasteiger partial charge in [0, 0.05) is 17.6 Å². The maximum Gasteiger partial charge on any atom is 0.416 e. The summed E-state index contributed by atoms with van der Waals surface area (Å²) >= 11 is 6.41. The Kier molecular flexibility index (Phi) is 5.28. The largest absolute Gasteiger partial charge is 0.481 e. The third-order valence-electron chi connectivity index (χ3n) is 5.71. The summed E-state index contributed by atoms with van der Waals surface area (Å²) in [4.78, 5) is 14.6. The first kappa shape index (κ1) is 20.8. The fraction of sp³-hybridized carbons (Fsp3) is 0.318. The molecule has 1 saturated carbocycles. The molecule has 0 bridgehead atoms. The smallest absolute Gasteiger partial charge is 0.416 e. The summed E-state index contributed by atoms with van der Waals surface area (Å²) in [6.45, 7) is 0. The molecule has 0 aliphatic heterocycles. The van der Waals surface area contributed by atoms with Crippen molar-refractivity contribution in [1.82, 2.24) is 4.98 Å². The Labute approximate surface area is 175 Å². The number of aromatic amines is 1. The van der Waals surface area contributed by atoms with Gasteiger partial charge in [-0.15, -0.1) is 0 Å². The van der Waals surface area contributed by atoms with Gasteiger partial charge in [0.2, 0.25) is 0 Å². The van der Waals surface area contributed by atoms with Crippen molar-refractivity contribution in [1.29, 1.82) is 0 Å². The predicted octanol–water partition coefficient (Wildman–Crippen LogP) is 5.38. The Hall–Kier alpha value is -2.51. The number of benzene rings is 2. The van der Waals surface area contributed by atoms with Crippen LogP contribution in [0.1, 0.15) is 36.8 Å². The van der Waals surface area contributed by atoms with E-state index in [0.29, 0.717) is 47.8 Å². The van der Waals surface area contributed by atoms with E-state index in [0.717, 1.165) is 12.1 Å². The van der Waals surface area contributed by atoms with Crippen molar-refractivity contribution in [2.75, 3.05) is 0 Å². The van der Waals surface area contributed by atoms with E-state index in [1.807, 2.05) is 0 Å². The lowest BCUT2D eigenvalue weighted by Crippen LogP contribution is -2.41. The lowest BCUT2D eigenvalue weighted by Gasteiger charge is -2.40. The highest BCUT2D eigenvalue weighted by molar-refractivity contribution is 6.32. The maximum atomic E-state index is 13.0. The van der Waals surface area contributed by atoms with E-state index in [2.05, 4.69) is 4.98 Å². The van der Waals surface area contributed by atoms with Crippen LogP contribution in [-0.2, 0) is 11.8 Å². The van der Waals surface area contributed by atoms with E-state index in [1.54, 1.807) is 18.2 Å². The van der Waals surface area contributed by atoms with Crippen molar-refractivity contribution in [3.05, 3.63) is 75.2 Å².